The number of para-hydroxylation sites is 1. The normalized spacial score (nSPS) is 10.8. The Morgan fingerprint density at radius 2 is 2.20 bits per heavy atom. The molecule has 0 aliphatic heterocycles. The number of carbonyl (C=O) groups is 1. The van der Waals surface area contributed by atoms with Crippen LogP contribution in [0.3, 0.4) is 0 Å². The second kappa shape index (κ2) is 5.46. The lowest BCUT2D eigenvalue weighted by Gasteiger charge is -2.02. The van der Waals surface area contributed by atoms with Crippen LogP contribution in [-0.4, -0.2) is 17.4 Å². The molecule has 0 saturated carbocycles. The molecular weight excluding hydrogens is 272 g/mol. The second-order valence-corrected chi connectivity index (χ2v) is 5.59. The molecule has 1 N–H and O–H groups in total. The largest absolute Gasteiger partial charge is 0.469 e. The fraction of sp³-hybridized carbons (Fsp3) is 0.200. The summed E-state index contributed by atoms with van der Waals surface area (Å²) < 4.78 is 6.30. The van der Waals surface area contributed by atoms with Gasteiger partial charge in [0.25, 0.3) is 5.91 Å². The van der Waals surface area contributed by atoms with Gasteiger partial charge in [0.05, 0.1) is 27.1 Å². The Morgan fingerprint density at radius 1 is 1.35 bits per heavy atom. The van der Waals surface area contributed by atoms with E-state index in [9.17, 15) is 4.79 Å². The minimum absolute atomic E-state index is 0.0997. The third-order valence-electron chi connectivity index (χ3n) is 3.07. The third kappa shape index (κ3) is 2.58. The highest BCUT2D eigenvalue weighted by atomic mass is 32.1. The van der Waals surface area contributed by atoms with Crippen molar-refractivity contribution in [3.05, 3.63) is 52.9 Å². The molecule has 0 radical (unpaired) electrons. The van der Waals surface area contributed by atoms with Crippen LogP contribution in [0.2, 0.25) is 0 Å². The molecule has 0 unspecified atom stereocenters. The van der Waals surface area contributed by atoms with Crippen molar-refractivity contribution >= 4 is 27.5 Å². The second-order valence-electron chi connectivity index (χ2n) is 4.47. The Kier molecular flexibility index (Phi) is 3.52. The van der Waals surface area contributed by atoms with Crippen LogP contribution in [0.1, 0.15) is 21.1 Å². The van der Waals surface area contributed by atoms with Crippen LogP contribution in [0.5, 0.6) is 0 Å². The summed E-state index contributed by atoms with van der Waals surface area (Å²) in [6, 6.07) is 9.73. The number of carbonyl (C=O) groups excluding carboxylic acids is 1. The van der Waals surface area contributed by atoms with Crippen molar-refractivity contribution < 1.29 is 9.21 Å². The van der Waals surface area contributed by atoms with Gasteiger partial charge < -0.3 is 9.73 Å². The third-order valence-corrected chi connectivity index (χ3v) is 4.16. The van der Waals surface area contributed by atoms with Crippen molar-refractivity contribution in [1.29, 1.82) is 0 Å². The number of fused-ring (bicyclic) bond motifs is 1. The van der Waals surface area contributed by atoms with E-state index in [1.54, 1.807) is 24.3 Å². The van der Waals surface area contributed by atoms with Gasteiger partial charge in [0.2, 0.25) is 0 Å². The van der Waals surface area contributed by atoms with Crippen LogP contribution < -0.4 is 5.32 Å². The molecule has 2 aromatic heterocycles. The minimum atomic E-state index is -0.0997. The zero-order valence-electron chi connectivity index (χ0n) is 11.1. The number of thiazole rings is 1. The number of aromatic nitrogens is 1. The standard InChI is InChI=1S/C15H14N2O2S/c1-10-11(7-9-19-10)15(18)16-8-6-14-17-12-4-2-3-5-13(12)20-14/h2-5,7,9H,6,8H2,1H3,(H,16,18). The predicted molar refractivity (Wildman–Crippen MR) is 79.1 cm³/mol. The van der Waals surface area contributed by atoms with Crippen LogP contribution in [0.4, 0.5) is 0 Å². The SMILES string of the molecule is Cc1occc1C(=O)NCCc1nc2ccccc2s1. The first-order valence-corrected chi connectivity index (χ1v) is 7.22. The molecule has 0 saturated heterocycles. The number of rotatable bonds is 4. The molecule has 0 bridgehead atoms. The van der Waals surface area contributed by atoms with Crippen LogP contribution in [-0.2, 0) is 6.42 Å². The number of benzene rings is 1. The lowest BCUT2D eigenvalue weighted by molar-refractivity contribution is 0.0952. The van der Waals surface area contributed by atoms with Crippen molar-refractivity contribution in [1.82, 2.24) is 10.3 Å². The molecule has 4 nitrogen and oxygen atoms in total. The average Bonchev–Trinajstić information content (AvgIpc) is 3.04. The van der Waals surface area contributed by atoms with Crippen molar-refractivity contribution in [2.45, 2.75) is 13.3 Å². The Bertz CT molecular complexity index is 712. The maximum atomic E-state index is 11.9. The lowest BCUT2D eigenvalue weighted by atomic mass is 10.2. The number of nitrogens with one attached hydrogen (secondary N) is 1. The van der Waals surface area contributed by atoms with Gasteiger partial charge in [0, 0.05) is 13.0 Å². The molecule has 2 heterocycles. The number of amides is 1. The van der Waals surface area contributed by atoms with Crippen LogP contribution in [0, 0.1) is 6.92 Å². The van der Waals surface area contributed by atoms with E-state index in [2.05, 4.69) is 16.4 Å². The van der Waals surface area contributed by atoms with Crippen molar-refractivity contribution in [3.8, 4) is 0 Å². The summed E-state index contributed by atoms with van der Waals surface area (Å²) in [5.74, 6) is 0.542. The minimum Gasteiger partial charge on any atom is -0.469 e. The van der Waals surface area contributed by atoms with E-state index in [0.29, 0.717) is 17.9 Å². The molecule has 102 valence electrons. The van der Waals surface area contributed by atoms with E-state index in [4.69, 9.17) is 4.42 Å². The van der Waals surface area contributed by atoms with Gasteiger partial charge in [-0.2, -0.15) is 0 Å². The molecule has 1 aromatic carbocycles. The molecule has 3 aromatic rings. The van der Waals surface area contributed by atoms with E-state index in [1.165, 1.54) is 11.0 Å². The van der Waals surface area contributed by atoms with Gasteiger partial charge in [-0.15, -0.1) is 11.3 Å². The molecule has 0 spiro atoms. The van der Waals surface area contributed by atoms with Gasteiger partial charge in [-0.3, -0.25) is 4.79 Å². The molecule has 5 heteroatoms. The first-order valence-electron chi connectivity index (χ1n) is 6.41. The van der Waals surface area contributed by atoms with Crippen molar-refractivity contribution in [2.24, 2.45) is 0 Å². The Labute approximate surface area is 120 Å². The number of hydrogen-bond acceptors (Lipinski definition) is 4. The molecule has 0 aliphatic rings. The zero-order valence-corrected chi connectivity index (χ0v) is 11.9. The highest BCUT2D eigenvalue weighted by Crippen LogP contribution is 2.21. The molecular formula is C15H14N2O2S. The van der Waals surface area contributed by atoms with Crippen LogP contribution >= 0.6 is 11.3 Å². The van der Waals surface area contributed by atoms with Gasteiger partial charge in [-0.1, -0.05) is 12.1 Å². The predicted octanol–water partition coefficient (Wildman–Crippen LogP) is 3.17. The Hall–Kier alpha value is -2.14. The molecule has 3 rings (SSSR count). The topological polar surface area (TPSA) is 55.1 Å². The van der Waals surface area contributed by atoms with Gasteiger partial charge in [-0.25, -0.2) is 4.98 Å². The summed E-state index contributed by atoms with van der Waals surface area (Å²) in [6.45, 7) is 2.35. The summed E-state index contributed by atoms with van der Waals surface area (Å²) in [4.78, 5) is 16.4. The summed E-state index contributed by atoms with van der Waals surface area (Å²) >= 11 is 1.67. The average molecular weight is 286 g/mol. The van der Waals surface area contributed by atoms with Gasteiger partial charge in [0.1, 0.15) is 5.76 Å². The fourth-order valence-electron chi connectivity index (χ4n) is 2.03. The number of furan rings is 1. The maximum Gasteiger partial charge on any atom is 0.254 e. The molecule has 0 atom stereocenters. The molecule has 1 amide bonds. The van der Waals surface area contributed by atoms with E-state index < -0.39 is 0 Å². The monoisotopic (exact) mass is 286 g/mol. The number of aryl methyl sites for hydroxylation is 1. The van der Waals surface area contributed by atoms with E-state index in [-0.39, 0.29) is 5.91 Å². The summed E-state index contributed by atoms with van der Waals surface area (Å²) in [5, 5.41) is 3.92. The smallest absolute Gasteiger partial charge is 0.254 e. The first-order chi connectivity index (χ1) is 9.74. The van der Waals surface area contributed by atoms with Crippen molar-refractivity contribution in [3.63, 3.8) is 0 Å². The summed E-state index contributed by atoms with van der Waals surface area (Å²) in [7, 11) is 0. The summed E-state index contributed by atoms with van der Waals surface area (Å²) in [6.07, 6.45) is 2.26. The Morgan fingerprint density at radius 3 is 2.95 bits per heavy atom. The summed E-state index contributed by atoms with van der Waals surface area (Å²) in [5.41, 5.74) is 1.61. The highest BCUT2D eigenvalue weighted by Gasteiger charge is 2.11. The Balaban J connectivity index is 1.60. The van der Waals surface area contributed by atoms with Gasteiger partial charge in [-0.05, 0) is 25.1 Å². The molecule has 0 fully saturated rings. The van der Waals surface area contributed by atoms with Gasteiger partial charge in [0.15, 0.2) is 0 Å². The number of hydrogen-bond donors (Lipinski definition) is 1. The van der Waals surface area contributed by atoms with E-state index >= 15 is 0 Å². The van der Waals surface area contributed by atoms with Crippen LogP contribution in [0.15, 0.2) is 41.0 Å². The van der Waals surface area contributed by atoms with Gasteiger partial charge >= 0.3 is 0 Å². The fourth-order valence-corrected chi connectivity index (χ4v) is 2.99. The highest BCUT2D eigenvalue weighted by molar-refractivity contribution is 7.18. The lowest BCUT2D eigenvalue weighted by Crippen LogP contribution is -2.25. The number of nitrogens with zero attached hydrogens (tertiary/aromatic N) is 1. The molecule has 20 heavy (non-hydrogen) atoms. The van der Waals surface area contributed by atoms with Crippen molar-refractivity contribution in [2.75, 3.05) is 6.54 Å². The van der Waals surface area contributed by atoms with E-state index in [0.717, 1.165) is 16.9 Å². The zero-order chi connectivity index (χ0) is 13.9. The van der Waals surface area contributed by atoms with Crippen LogP contribution in [0.25, 0.3) is 10.2 Å². The molecule has 0 aliphatic carbocycles. The van der Waals surface area contributed by atoms with E-state index in [1.807, 2.05) is 18.2 Å². The first kappa shape index (κ1) is 12.9. The maximum absolute atomic E-state index is 11.9. The quantitative estimate of drug-likeness (QED) is 0.801.